The number of anilines is 1. The molecule has 0 bridgehead atoms. The molecular formula is C22H26FN3O3S. The first kappa shape index (κ1) is 23.2. The molecule has 0 radical (unpaired) electrons. The molecule has 8 heteroatoms. The molecule has 30 heavy (non-hydrogen) atoms. The van der Waals surface area contributed by atoms with E-state index in [1.165, 1.54) is 11.6 Å². The molecule has 0 aliphatic carbocycles. The van der Waals surface area contributed by atoms with Crippen LogP contribution in [-0.4, -0.2) is 20.7 Å². The number of rotatable bonds is 6. The molecule has 0 aliphatic rings. The molecule has 0 aliphatic heterocycles. The maximum Gasteiger partial charge on any atom is 0.315 e. The molecule has 2 aromatic rings. The number of sulfonamides is 1. The Bertz CT molecular complexity index is 1070. The van der Waals surface area contributed by atoms with Gasteiger partial charge in [0.15, 0.2) is 0 Å². The van der Waals surface area contributed by atoms with Crippen molar-refractivity contribution in [2.75, 3.05) is 11.0 Å². The van der Waals surface area contributed by atoms with E-state index in [9.17, 15) is 17.6 Å². The second-order valence-electron chi connectivity index (χ2n) is 8.00. The highest BCUT2D eigenvalue weighted by molar-refractivity contribution is 7.92. The van der Waals surface area contributed by atoms with E-state index < -0.39 is 21.9 Å². The fraction of sp³-hybridized carbons (Fsp3) is 0.318. The summed E-state index contributed by atoms with van der Waals surface area (Å²) in [6.07, 6.45) is 6.27. The Morgan fingerprint density at radius 1 is 1.07 bits per heavy atom. The summed E-state index contributed by atoms with van der Waals surface area (Å²) in [5.74, 6) is 1.44. The van der Waals surface area contributed by atoms with Gasteiger partial charge in [0.2, 0.25) is 10.0 Å². The largest absolute Gasteiger partial charge is 0.334 e. The van der Waals surface area contributed by atoms with Gasteiger partial charge in [-0.15, -0.1) is 6.42 Å². The third-order valence-corrected chi connectivity index (χ3v) is 4.89. The quantitative estimate of drug-likeness (QED) is 0.612. The molecule has 6 nitrogen and oxygen atoms in total. The van der Waals surface area contributed by atoms with Crippen LogP contribution >= 0.6 is 0 Å². The van der Waals surface area contributed by atoms with Crippen molar-refractivity contribution in [1.29, 1.82) is 0 Å². The highest BCUT2D eigenvalue weighted by atomic mass is 32.2. The van der Waals surface area contributed by atoms with E-state index in [0.29, 0.717) is 12.1 Å². The monoisotopic (exact) mass is 431 g/mol. The number of terminal acetylenes is 1. The second-order valence-corrected chi connectivity index (χ2v) is 9.75. The molecule has 0 unspecified atom stereocenters. The Morgan fingerprint density at radius 3 is 2.13 bits per heavy atom. The number of hydrogen-bond acceptors (Lipinski definition) is 3. The van der Waals surface area contributed by atoms with Gasteiger partial charge in [-0.05, 0) is 34.2 Å². The number of nitrogens with one attached hydrogen (secondary N) is 3. The van der Waals surface area contributed by atoms with E-state index in [-0.39, 0.29) is 23.2 Å². The van der Waals surface area contributed by atoms with Gasteiger partial charge >= 0.3 is 6.03 Å². The lowest BCUT2D eigenvalue weighted by Crippen LogP contribution is -2.34. The van der Waals surface area contributed by atoms with Crippen molar-refractivity contribution in [2.24, 2.45) is 0 Å². The summed E-state index contributed by atoms with van der Waals surface area (Å²) in [4.78, 5) is 12.1. The van der Waals surface area contributed by atoms with Gasteiger partial charge in [-0.25, -0.2) is 17.6 Å². The van der Waals surface area contributed by atoms with Crippen molar-refractivity contribution >= 4 is 21.7 Å². The maximum atomic E-state index is 14.3. The Hall–Kier alpha value is -3.05. The zero-order valence-corrected chi connectivity index (χ0v) is 18.3. The number of benzene rings is 2. The van der Waals surface area contributed by atoms with Crippen molar-refractivity contribution in [3.05, 3.63) is 64.5 Å². The lowest BCUT2D eigenvalue weighted by Gasteiger charge is -2.19. The summed E-state index contributed by atoms with van der Waals surface area (Å²) in [5, 5.41) is 5.36. The predicted octanol–water partition coefficient (Wildman–Crippen LogP) is 3.48. The van der Waals surface area contributed by atoms with Gasteiger partial charge in [-0.3, -0.25) is 4.72 Å². The van der Waals surface area contributed by atoms with Crippen LogP contribution in [0.2, 0.25) is 0 Å². The number of hydrogen-bond donors (Lipinski definition) is 3. The smallest absolute Gasteiger partial charge is 0.315 e. The number of carbonyl (C=O) groups is 1. The minimum Gasteiger partial charge on any atom is -0.334 e. The van der Waals surface area contributed by atoms with Crippen LogP contribution in [0.5, 0.6) is 0 Å². The zero-order valence-electron chi connectivity index (χ0n) is 17.5. The molecule has 160 valence electrons. The van der Waals surface area contributed by atoms with Crippen LogP contribution in [0, 0.1) is 18.2 Å². The maximum absolute atomic E-state index is 14.3. The minimum absolute atomic E-state index is 0.0273. The normalized spacial score (nSPS) is 11.5. The molecule has 0 spiro atoms. The zero-order chi connectivity index (χ0) is 22.5. The summed E-state index contributed by atoms with van der Waals surface area (Å²) in [5.41, 5.74) is 2.39. The standard InChI is InChI=1S/C22H26FN3O3S/c1-6-17-11-16(12-19(23)20(17)26-30(5,28)29)14-25-21(27)24-13-15-7-9-18(10-8-15)22(2,3)4/h1,7-12,26H,13-14H2,2-5H3,(H2,24,25,27). The van der Waals surface area contributed by atoms with Crippen LogP contribution in [0.15, 0.2) is 36.4 Å². The van der Waals surface area contributed by atoms with Crippen LogP contribution in [0.1, 0.15) is 43.0 Å². The van der Waals surface area contributed by atoms with Crippen LogP contribution in [0.4, 0.5) is 14.9 Å². The Balaban J connectivity index is 1.96. The van der Waals surface area contributed by atoms with Gasteiger partial charge in [0, 0.05) is 13.1 Å². The van der Waals surface area contributed by atoms with Gasteiger partial charge < -0.3 is 10.6 Å². The van der Waals surface area contributed by atoms with E-state index in [2.05, 4.69) is 42.0 Å². The van der Waals surface area contributed by atoms with Gasteiger partial charge in [0.25, 0.3) is 0 Å². The highest BCUT2D eigenvalue weighted by Crippen LogP contribution is 2.23. The lowest BCUT2D eigenvalue weighted by atomic mass is 9.87. The SMILES string of the molecule is C#Cc1cc(CNC(=O)NCc2ccc(C(C)(C)C)cc2)cc(F)c1NS(C)(=O)=O. The van der Waals surface area contributed by atoms with Gasteiger partial charge in [-0.1, -0.05) is 51.0 Å². The second kappa shape index (κ2) is 9.18. The summed E-state index contributed by atoms with van der Waals surface area (Å²) in [6.45, 7) is 6.76. The van der Waals surface area contributed by atoms with Crippen LogP contribution in [-0.2, 0) is 28.5 Å². The van der Waals surface area contributed by atoms with E-state index in [4.69, 9.17) is 6.42 Å². The average molecular weight is 432 g/mol. The number of carbonyl (C=O) groups excluding carboxylic acids is 1. The van der Waals surface area contributed by atoms with Crippen molar-refractivity contribution < 1.29 is 17.6 Å². The molecule has 0 atom stereocenters. The van der Waals surface area contributed by atoms with Crippen molar-refractivity contribution in [3.8, 4) is 12.3 Å². The molecule has 0 aromatic heterocycles. The van der Waals surface area contributed by atoms with Gasteiger partial charge in [0.1, 0.15) is 5.82 Å². The Labute approximate surface area is 177 Å². The molecule has 3 N–H and O–H groups in total. The van der Waals surface area contributed by atoms with Gasteiger partial charge in [0.05, 0.1) is 17.5 Å². The van der Waals surface area contributed by atoms with Crippen LogP contribution in [0.3, 0.4) is 0 Å². The van der Waals surface area contributed by atoms with Crippen LogP contribution in [0.25, 0.3) is 0 Å². The number of urea groups is 1. The van der Waals surface area contributed by atoms with Crippen molar-refractivity contribution in [2.45, 2.75) is 39.3 Å². The summed E-state index contributed by atoms with van der Waals surface area (Å²) in [6, 6.07) is 10.1. The van der Waals surface area contributed by atoms with E-state index in [1.807, 2.05) is 24.3 Å². The highest BCUT2D eigenvalue weighted by Gasteiger charge is 2.15. The fourth-order valence-corrected chi connectivity index (χ4v) is 3.30. The molecule has 0 fully saturated rings. The van der Waals surface area contributed by atoms with Crippen molar-refractivity contribution in [1.82, 2.24) is 10.6 Å². The minimum atomic E-state index is -3.68. The van der Waals surface area contributed by atoms with E-state index >= 15 is 0 Å². The molecular weight excluding hydrogens is 405 g/mol. The Morgan fingerprint density at radius 2 is 1.63 bits per heavy atom. The van der Waals surface area contributed by atoms with Crippen LogP contribution < -0.4 is 15.4 Å². The summed E-state index contributed by atoms with van der Waals surface area (Å²) in [7, 11) is -3.68. The third-order valence-electron chi connectivity index (χ3n) is 4.32. The van der Waals surface area contributed by atoms with E-state index in [1.54, 1.807) is 0 Å². The molecule has 0 saturated carbocycles. The van der Waals surface area contributed by atoms with E-state index in [0.717, 1.165) is 17.9 Å². The molecule has 2 aromatic carbocycles. The topological polar surface area (TPSA) is 87.3 Å². The Kier molecular flexibility index (Phi) is 7.11. The lowest BCUT2D eigenvalue weighted by molar-refractivity contribution is 0.240. The first-order chi connectivity index (χ1) is 13.9. The molecule has 0 heterocycles. The summed E-state index contributed by atoms with van der Waals surface area (Å²) >= 11 is 0. The first-order valence-corrected chi connectivity index (χ1v) is 11.2. The average Bonchev–Trinajstić information content (AvgIpc) is 2.65. The third kappa shape index (κ3) is 6.78. The first-order valence-electron chi connectivity index (χ1n) is 9.27. The van der Waals surface area contributed by atoms with Crippen molar-refractivity contribution in [3.63, 3.8) is 0 Å². The fourth-order valence-electron chi connectivity index (χ4n) is 2.72. The molecule has 2 rings (SSSR count). The molecule has 2 amide bonds. The number of amides is 2. The predicted molar refractivity (Wildman–Crippen MR) is 117 cm³/mol. The van der Waals surface area contributed by atoms with Gasteiger partial charge in [-0.2, -0.15) is 0 Å². The summed E-state index contributed by atoms with van der Waals surface area (Å²) < 4.78 is 39.1. The number of halogens is 1. The molecule has 0 saturated heterocycles.